The zero-order chi connectivity index (χ0) is 14.2. The molecular formula is C12H6Cl2NNaO4. The minimum Gasteiger partial charge on any atom is -0.545 e. The molecule has 2 rings (SSSR count). The summed E-state index contributed by atoms with van der Waals surface area (Å²) in [6.07, 6.45) is 1.86. The van der Waals surface area contributed by atoms with Crippen molar-refractivity contribution < 1.29 is 49.4 Å². The normalized spacial score (nSPS) is 10.7. The SMILES string of the molecule is O=C([O-])/C=C/c1c(C(=O)O)[nH]c2cc(Cl)cc(Cl)c12.[Na+]. The van der Waals surface area contributed by atoms with Crippen LogP contribution in [0.5, 0.6) is 0 Å². The Bertz CT molecular complexity index is 724. The van der Waals surface area contributed by atoms with Gasteiger partial charge in [0.15, 0.2) is 0 Å². The van der Waals surface area contributed by atoms with E-state index in [1.807, 2.05) is 0 Å². The number of aromatic carboxylic acids is 1. The van der Waals surface area contributed by atoms with Crippen LogP contribution in [-0.2, 0) is 4.79 Å². The van der Waals surface area contributed by atoms with E-state index in [4.69, 9.17) is 28.3 Å². The van der Waals surface area contributed by atoms with Crippen molar-refractivity contribution in [3.63, 3.8) is 0 Å². The van der Waals surface area contributed by atoms with Crippen LogP contribution < -0.4 is 34.7 Å². The molecule has 8 heteroatoms. The van der Waals surface area contributed by atoms with Crippen molar-refractivity contribution in [2.45, 2.75) is 0 Å². The average molecular weight is 322 g/mol. The molecule has 98 valence electrons. The van der Waals surface area contributed by atoms with Gasteiger partial charge in [0.1, 0.15) is 5.69 Å². The molecule has 2 aromatic rings. The topological polar surface area (TPSA) is 93.2 Å². The van der Waals surface area contributed by atoms with Crippen molar-refractivity contribution in [2.75, 3.05) is 0 Å². The van der Waals surface area contributed by atoms with E-state index < -0.39 is 11.9 Å². The number of aromatic nitrogens is 1. The van der Waals surface area contributed by atoms with E-state index in [0.717, 1.165) is 12.2 Å². The van der Waals surface area contributed by atoms with Crippen LogP contribution in [0.1, 0.15) is 16.1 Å². The molecule has 0 aliphatic rings. The van der Waals surface area contributed by atoms with Gasteiger partial charge in [0.2, 0.25) is 0 Å². The zero-order valence-corrected chi connectivity index (χ0v) is 13.7. The Labute approximate surface area is 145 Å². The smallest absolute Gasteiger partial charge is 0.545 e. The molecule has 5 nitrogen and oxygen atoms in total. The summed E-state index contributed by atoms with van der Waals surface area (Å²) in [6, 6.07) is 2.95. The van der Waals surface area contributed by atoms with Crippen molar-refractivity contribution in [1.29, 1.82) is 0 Å². The first-order valence-electron chi connectivity index (χ1n) is 5.03. The Morgan fingerprint density at radius 3 is 2.50 bits per heavy atom. The standard InChI is InChI=1S/C12H7Cl2NO4.Na/c13-5-3-7(14)10-6(1-2-9(16)17)11(12(18)19)15-8(10)4-5;/h1-4,15H,(H,16,17)(H,18,19);/q;+1/p-1/b2-1+;. The number of aromatic amines is 1. The molecular weight excluding hydrogens is 316 g/mol. The van der Waals surface area contributed by atoms with Crippen LogP contribution in [0.3, 0.4) is 0 Å². The van der Waals surface area contributed by atoms with Crippen molar-refractivity contribution >= 4 is 52.1 Å². The predicted octanol–water partition coefficient (Wildman–Crippen LogP) is -1.06. The van der Waals surface area contributed by atoms with Gasteiger partial charge < -0.3 is 20.0 Å². The van der Waals surface area contributed by atoms with Crippen molar-refractivity contribution in [1.82, 2.24) is 4.98 Å². The molecule has 0 atom stereocenters. The van der Waals surface area contributed by atoms with E-state index in [1.54, 1.807) is 0 Å². The number of nitrogens with one attached hydrogen (secondary N) is 1. The Hall–Kier alpha value is -0.980. The van der Waals surface area contributed by atoms with Gasteiger partial charge in [-0.15, -0.1) is 0 Å². The van der Waals surface area contributed by atoms with Gasteiger partial charge in [-0.05, 0) is 18.2 Å². The van der Waals surface area contributed by atoms with Gasteiger partial charge in [-0.1, -0.05) is 29.3 Å². The van der Waals surface area contributed by atoms with E-state index in [0.29, 0.717) is 15.9 Å². The first-order valence-corrected chi connectivity index (χ1v) is 5.79. The summed E-state index contributed by atoms with van der Waals surface area (Å²) in [7, 11) is 0. The fraction of sp³-hybridized carbons (Fsp3) is 0. The number of carbonyl (C=O) groups excluding carboxylic acids is 1. The molecule has 1 aromatic heterocycles. The molecule has 0 aliphatic carbocycles. The average Bonchev–Trinajstić information content (AvgIpc) is 2.64. The molecule has 20 heavy (non-hydrogen) atoms. The van der Waals surface area contributed by atoms with Gasteiger partial charge >= 0.3 is 35.5 Å². The van der Waals surface area contributed by atoms with Crippen LogP contribution in [0.25, 0.3) is 17.0 Å². The number of benzene rings is 1. The quantitative estimate of drug-likeness (QED) is 0.556. The number of rotatable bonds is 3. The number of carboxylic acids is 2. The first-order chi connectivity index (χ1) is 8.90. The first kappa shape index (κ1) is 17.1. The number of H-pyrrole nitrogens is 1. The third-order valence-electron chi connectivity index (χ3n) is 2.45. The number of carbonyl (C=O) groups is 2. The maximum absolute atomic E-state index is 11.1. The minimum atomic E-state index is -1.43. The van der Waals surface area contributed by atoms with Gasteiger partial charge in [0.05, 0.1) is 11.0 Å². The number of hydrogen-bond acceptors (Lipinski definition) is 3. The summed E-state index contributed by atoms with van der Waals surface area (Å²) < 4.78 is 0. The van der Waals surface area contributed by atoms with Gasteiger partial charge in [-0.3, -0.25) is 0 Å². The molecule has 0 fully saturated rings. The molecule has 1 heterocycles. The predicted molar refractivity (Wildman–Crippen MR) is 69.3 cm³/mol. The van der Waals surface area contributed by atoms with Crippen LogP contribution in [0.4, 0.5) is 0 Å². The third-order valence-corrected chi connectivity index (χ3v) is 2.97. The Morgan fingerprint density at radius 1 is 1.30 bits per heavy atom. The fourth-order valence-electron chi connectivity index (χ4n) is 1.76. The number of halogens is 2. The number of fused-ring (bicyclic) bond motifs is 1. The number of aliphatic carboxylic acids is 1. The summed E-state index contributed by atoms with van der Waals surface area (Å²) >= 11 is 11.8. The van der Waals surface area contributed by atoms with Gasteiger partial charge in [-0.2, -0.15) is 0 Å². The van der Waals surface area contributed by atoms with Gasteiger partial charge in [0, 0.05) is 21.5 Å². The summed E-state index contributed by atoms with van der Waals surface area (Å²) in [5.41, 5.74) is 0.401. The largest absolute Gasteiger partial charge is 1.00 e. The van der Waals surface area contributed by atoms with E-state index in [1.165, 1.54) is 12.1 Å². The molecule has 0 unspecified atom stereocenters. The van der Waals surface area contributed by atoms with Crippen LogP contribution in [0.2, 0.25) is 10.0 Å². The number of hydrogen-bond donors (Lipinski definition) is 2. The van der Waals surface area contributed by atoms with E-state index >= 15 is 0 Å². The van der Waals surface area contributed by atoms with Crippen molar-refractivity contribution in [2.24, 2.45) is 0 Å². The van der Waals surface area contributed by atoms with E-state index in [9.17, 15) is 14.7 Å². The van der Waals surface area contributed by atoms with Crippen LogP contribution in [-0.4, -0.2) is 22.0 Å². The molecule has 1 aromatic carbocycles. The second-order valence-electron chi connectivity index (χ2n) is 3.68. The maximum Gasteiger partial charge on any atom is 1.00 e. The van der Waals surface area contributed by atoms with Gasteiger partial charge in [0.25, 0.3) is 0 Å². The second-order valence-corrected chi connectivity index (χ2v) is 4.53. The minimum absolute atomic E-state index is 0. The molecule has 0 spiro atoms. The monoisotopic (exact) mass is 321 g/mol. The van der Waals surface area contributed by atoms with E-state index in [-0.39, 0.29) is 45.8 Å². The summed E-state index contributed by atoms with van der Waals surface area (Å²) in [5, 5.41) is 20.5. The van der Waals surface area contributed by atoms with Gasteiger partial charge in [-0.25, -0.2) is 4.79 Å². The van der Waals surface area contributed by atoms with Crippen molar-refractivity contribution in [3.8, 4) is 0 Å². The number of carboxylic acid groups (broad SMARTS) is 2. The Morgan fingerprint density at radius 2 is 1.95 bits per heavy atom. The Balaban J connectivity index is 0.00000200. The summed E-state index contributed by atoms with van der Waals surface area (Å²) in [6.45, 7) is 0. The van der Waals surface area contributed by atoms with Crippen LogP contribution in [0.15, 0.2) is 18.2 Å². The molecule has 0 radical (unpaired) electrons. The summed E-state index contributed by atoms with van der Waals surface area (Å²) in [5.74, 6) is -2.67. The molecule has 0 aliphatic heterocycles. The van der Waals surface area contributed by atoms with Crippen LogP contribution in [0, 0.1) is 0 Å². The third kappa shape index (κ3) is 3.37. The summed E-state index contributed by atoms with van der Waals surface area (Å²) in [4.78, 5) is 24.2. The van der Waals surface area contributed by atoms with E-state index in [2.05, 4.69) is 4.98 Å². The van der Waals surface area contributed by atoms with Crippen molar-refractivity contribution in [3.05, 3.63) is 39.5 Å². The molecule has 2 N–H and O–H groups in total. The van der Waals surface area contributed by atoms with Crippen LogP contribution >= 0.6 is 23.2 Å². The maximum atomic E-state index is 11.1. The molecule has 0 saturated carbocycles. The molecule has 0 saturated heterocycles. The zero-order valence-electron chi connectivity index (χ0n) is 10.2. The fourth-order valence-corrected chi connectivity index (χ4v) is 2.35. The molecule has 0 amide bonds. The Kier molecular flexibility index (Phi) is 5.68. The molecule has 0 bridgehead atoms. The second kappa shape index (κ2) is 6.65.